The van der Waals surface area contributed by atoms with Crippen molar-refractivity contribution in [2.75, 3.05) is 57.8 Å². The average molecular weight is 457 g/mol. The molecule has 1 N–H and O–H groups in total. The predicted octanol–water partition coefficient (Wildman–Crippen LogP) is 1.89. The van der Waals surface area contributed by atoms with E-state index >= 15 is 0 Å². The van der Waals surface area contributed by atoms with Gasteiger partial charge in [0.15, 0.2) is 0 Å². The van der Waals surface area contributed by atoms with Crippen molar-refractivity contribution in [3.05, 3.63) is 24.3 Å². The summed E-state index contributed by atoms with van der Waals surface area (Å²) < 4.78 is 5.23. The highest BCUT2D eigenvalue weighted by Crippen LogP contribution is 2.37. The highest BCUT2D eigenvalue weighted by atomic mass is 16.5. The van der Waals surface area contributed by atoms with E-state index in [0.29, 0.717) is 6.54 Å². The van der Waals surface area contributed by atoms with Gasteiger partial charge in [-0.1, -0.05) is 12.8 Å². The van der Waals surface area contributed by atoms with E-state index in [1.165, 1.54) is 10.6 Å². The average Bonchev–Trinajstić information content (AvgIpc) is 3.10. The number of amides is 3. The van der Waals surface area contributed by atoms with E-state index in [9.17, 15) is 14.4 Å². The number of imide groups is 1. The monoisotopic (exact) mass is 456 g/mol. The third-order valence-corrected chi connectivity index (χ3v) is 7.28. The van der Waals surface area contributed by atoms with Crippen molar-refractivity contribution in [1.29, 1.82) is 0 Å². The Morgan fingerprint density at radius 1 is 0.970 bits per heavy atom. The first kappa shape index (κ1) is 23.5. The number of hydrogen-bond acceptors (Lipinski definition) is 6. The van der Waals surface area contributed by atoms with Gasteiger partial charge in [-0.2, -0.15) is 0 Å². The molecule has 1 aliphatic carbocycles. The zero-order valence-corrected chi connectivity index (χ0v) is 19.6. The summed E-state index contributed by atoms with van der Waals surface area (Å²) in [6.45, 7) is 5.75. The summed E-state index contributed by atoms with van der Waals surface area (Å²) in [5, 5.41) is 2.95. The van der Waals surface area contributed by atoms with Crippen molar-refractivity contribution >= 4 is 23.4 Å². The lowest BCUT2D eigenvalue weighted by Crippen LogP contribution is -2.47. The van der Waals surface area contributed by atoms with Crippen molar-refractivity contribution in [1.82, 2.24) is 15.1 Å². The number of rotatable bonds is 9. The van der Waals surface area contributed by atoms with E-state index < -0.39 is 0 Å². The Morgan fingerprint density at radius 3 is 2.21 bits per heavy atom. The largest absolute Gasteiger partial charge is 0.497 e. The minimum Gasteiger partial charge on any atom is -0.497 e. The van der Waals surface area contributed by atoms with Gasteiger partial charge < -0.3 is 15.0 Å². The summed E-state index contributed by atoms with van der Waals surface area (Å²) in [4.78, 5) is 43.4. The normalized spacial score (nSPS) is 23.5. The molecule has 1 aromatic carbocycles. The van der Waals surface area contributed by atoms with Gasteiger partial charge in [0.2, 0.25) is 17.7 Å². The van der Waals surface area contributed by atoms with Gasteiger partial charge in [-0.3, -0.25) is 24.2 Å². The summed E-state index contributed by atoms with van der Waals surface area (Å²) >= 11 is 0. The van der Waals surface area contributed by atoms with Gasteiger partial charge in [0.05, 0.1) is 18.9 Å². The van der Waals surface area contributed by atoms with Crippen LogP contribution < -0.4 is 15.0 Å². The van der Waals surface area contributed by atoms with Gasteiger partial charge >= 0.3 is 0 Å². The van der Waals surface area contributed by atoms with Crippen LogP contribution in [0.15, 0.2) is 24.3 Å². The summed E-state index contributed by atoms with van der Waals surface area (Å²) in [6.07, 6.45) is 4.74. The van der Waals surface area contributed by atoms with Crippen LogP contribution in [0.2, 0.25) is 0 Å². The lowest BCUT2D eigenvalue weighted by molar-refractivity contribution is -0.140. The Hall–Kier alpha value is -2.61. The van der Waals surface area contributed by atoms with Crippen molar-refractivity contribution < 1.29 is 19.1 Å². The fourth-order valence-electron chi connectivity index (χ4n) is 5.31. The molecule has 0 aromatic heterocycles. The van der Waals surface area contributed by atoms with Gasteiger partial charge in [0, 0.05) is 51.4 Å². The van der Waals surface area contributed by atoms with Crippen LogP contribution in [0.3, 0.4) is 0 Å². The first-order valence-electron chi connectivity index (χ1n) is 12.3. The maximum atomic E-state index is 12.5. The van der Waals surface area contributed by atoms with Crippen LogP contribution in [0.4, 0.5) is 5.69 Å². The first-order valence-corrected chi connectivity index (χ1v) is 12.3. The molecule has 3 fully saturated rings. The SMILES string of the molecule is COc1ccc(N2CCN(CCCNC(=O)CCN3C(=O)[C@H]4CCCC[C@@H]4C3=O)CC2)cc1. The van der Waals surface area contributed by atoms with Crippen LogP contribution in [-0.2, 0) is 14.4 Å². The van der Waals surface area contributed by atoms with E-state index in [0.717, 1.165) is 70.6 Å². The predicted molar refractivity (Wildman–Crippen MR) is 126 cm³/mol. The van der Waals surface area contributed by atoms with Crippen LogP contribution in [0.25, 0.3) is 0 Å². The van der Waals surface area contributed by atoms with Gasteiger partial charge in [-0.05, 0) is 50.1 Å². The number of carbonyl (C=O) groups is 3. The molecule has 3 amide bonds. The van der Waals surface area contributed by atoms with Crippen molar-refractivity contribution in [3.63, 3.8) is 0 Å². The van der Waals surface area contributed by atoms with E-state index in [1.54, 1.807) is 7.11 Å². The minimum atomic E-state index is -0.139. The van der Waals surface area contributed by atoms with Crippen LogP contribution in [0.5, 0.6) is 5.75 Å². The number of hydrogen-bond donors (Lipinski definition) is 1. The molecule has 1 saturated carbocycles. The third-order valence-electron chi connectivity index (χ3n) is 7.28. The van der Waals surface area contributed by atoms with Crippen molar-refractivity contribution in [3.8, 4) is 5.75 Å². The number of anilines is 1. The Bertz CT molecular complexity index is 811. The molecule has 4 rings (SSSR count). The fourth-order valence-corrected chi connectivity index (χ4v) is 5.31. The molecular weight excluding hydrogens is 420 g/mol. The number of carbonyl (C=O) groups excluding carboxylic acids is 3. The quantitative estimate of drug-likeness (QED) is 0.451. The van der Waals surface area contributed by atoms with E-state index in [4.69, 9.17) is 4.74 Å². The third kappa shape index (κ3) is 5.66. The molecule has 0 spiro atoms. The maximum absolute atomic E-state index is 12.5. The smallest absolute Gasteiger partial charge is 0.233 e. The first-order chi connectivity index (χ1) is 16.1. The molecule has 8 heteroatoms. The highest BCUT2D eigenvalue weighted by molar-refractivity contribution is 6.05. The van der Waals surface area contributed by atoms with Crippen LogP contribution in [0.1, 0.15) is 38.5 Å². The molecule has 33 heavy (non-hydrogen) atoms. The molecule has 8 nitrogen and oxygen atoms in total. The molecule has 180 valence electrons. The van der Waals surface area contributed by atoms with Gasteiger partial charge in [0.1, 0.15) is 5.75 Å². The second-order valence-corrected chi connectivity index (χ2v) is 9.31. The second-order valence-electron chi connectivity index (χ2n) is 9.31. The summed E-state index contributed by atoms with van der Waals surface area (Å²) in [6, 6.07) is 8.18. The maximum Gasteiger partial charge on any atom is 0.233 e. The number of ether oxygens (including phenoxy) is 1. The van der Waals surface area contributed by atoms with E-state index in [-0.39, 0.29) is 42.5 Å². The molecule has 0 unspecified atom stereocenters. The molecule has 0 bridgehead atoms. The number of benzene rings is 1. The number of nitrogens with one attached hydrogen (secondary N) is 1. The van der Waals surface area contributed by atoms with Crippen LogP contribution in [-0.4, -0.2) is 80.4 Å². The van der Waals surface area contributed by atoms with Crippen LogP contribution >= 0.6 is 0 Å². The summed E-state index contributed by atoms with van der Waals surface area (Å²) in [5.41, 5.74) is 1.22. The second kappa shape index (κ2) is 11.0. The van der Waals surface area contributed by atoms with Crippen molar-refractivity contribution in [2.24, 2.45) is 11.8 Å². The summed E-state index contributed by atoms with van der Waals surface area (Å²) in [5.74, 6) is 0.377. The summed E-state index contributed by atoms with van der Waals surface area (Å²) in [7, 11) is 1.68. The van der Waals surface area contributed by atoms with E-state index in [2.05, 4.69) is 27.2 Å². The zero-order valence-electron chi connectivity index (χ0n) is 19.6. The molecule has 2 saturated heterocycles. The van der Waals surface area contributed by atoms with E-state index in [1.807, 2.05) is 12.1 Å². The van der Waals surface area contributed by atoms with Gasteiger partial charge in [-0.15, -0.1) is 0 Å². The topological polar surface area (TPSA) is 82.2 Å². The molecule has 3 aliphatic rings. The Labute approximate surface area is 196 Å². The van der Waals surface area contributed by atoms with Crippen LogP contribution in [0, 0.1) is 11.8 Å². The zero-order chi connectivity index (χ0) is 23.2. The van der Waals surface area contributed by atoms with Crippen molar-refractivity contribution in [2.45, 2.75) is 38.5 Å². The fraction of sp³-hybridized carbons (Fsp3) is 0.640. The van der Waals surface area contributed by atoms with Gasteiger partial charge in [0.25, 0.3) is 0 Å². The minimum absolute atomic E-state index is 0.0636. The lowest BCUT2D eigenvalue weighted by Gasteiger charge is -2.36. The Balaban J connectivity index is 1.09. The number of nitrogens with zero attached hydrogens (tertiary/aromatic N) is 3. The standard InChI is InChI=1S/C25H36N4O4/c1-33-20-9-7-19(8-10-20)28-17-15-27(16-18-28)13-4-12-26-23(30)11-14-29-24(31)21-5-2-3-6-22(21)25(29)32/h7-10,21-22H,2-6,11-18H2,1H3,(H,26,30)/t21-,22-/m0/s1. The number of fused-ring (bicyclic) bond motifs is 1. The number of likely N-dealkylation sites (tertiary alicyclic amines) is 1. The highest BCUT2D eigenvalue weighted by Gasteiger charge is 2.47. The molecule has 2 aliphatic heterocycles. The molecular formula is C25H36N4O4. The Morgan fingerprint density at radius 2 is 1.61 bits per heavy atom. The molecule has 0 radical (unpaired) electrons. The number of methoxy groups -OCH3 is 1. The lowest BCUT2D eigenvalue weighted by atomic mass is 9.81. The Kier molecular flexibility index (Phi) is 7.85. The molecule has 2 heterocycles. The van der Waals surface area contributed by atoms with Gasteiger partial charge in [-0.25, -0.2) is 0 Å². The molecule has 2 atom stereocenters. The number of piperazine rings is 1. The molecule has 1 aromatic rings.